The van der Waals surface area contributed by atoms with Gasteiger partial charge in [-0.2, -0.15) is 0 Å². The molecular formula is C11H22N2O4. The molecule has 1 rings (SSSR count). The highest BCUT2D eigenvalue weighted by molar-refractivity contribution is 4.90. The van der Waals surface area contributed by atoms with Crippen LogP contribution in [-0.4, -0.2) is 79.4 Å². The van der Waals surface area contributed by atoms with Crippen LogP contribution in [0.15, 0.2) is 12.4 Å². The Hall–Kier alpha value is -0.820. The summed E-state index contributed by atoms with van der Waals surface area (Å²) in [5.41, 5.74) is 0. The summed E-state index contributed by atoms with van der Waals surface area (Å²) in [5, 5.41) is 17.1. The average molecular weight is 246 g/mol. The van der Waals surface area contributed by atoms with E-state index in [2.05, 4.69) is 9.80 Å². The molecular weight excluding hydrogens is 224 g/mol. The number of nitrogens with zero attached hydrogens (tertiary/aromatic N) is 2. The maximum absolute atomic E-state index is 8.55. The lowest BCUT2D eigenvalue weighted by molar-refractivity contribution is 0.0680. The molecule has 1 aliphatic heterocycles. The van der Waals surface area contributed by atoms with E-state index in [1.54, 1.807) is 0 Å². The molecule has 0 bridgehead atoms. The van der Waals surface area contributed by atoms with E-state index in [4.69, 9.17) is 19.7 Å². The Bertz CT molecular complexity index is 194. The van der Waals surface area contributed by atoms with Crippen molar-refractivity contribution < 1.29 is 19.7 Å². The Morgan fingerprint density at radius 2 is 1.29 bits per heavy atom. The molecule has 0 unspecified atom stereocenters. The van der Waals surface area contributed by atoms with E-state index in [0.717, 1.165) is 19.8 Å². The van der Waals surface area contributed by atoms with Crippen LogP contribution in [0.3, 0.4) is 0 Å². The monoisotopic (exact) mass is 246 g/mol. The van der Waals surface area contributed by atoms with Gasteiger partial charge in [-0.15, -0.1) is 0 Å². The van der Waals surface area contributed by atoms with Crippen molar-refractivity contribution in [1.29, 1.82) is 0 Å². The van der Waals surface area contributed by atoms with Crippen molar-refractivity contribution in [3.63, 3.8) is 0 Å². The van der Waals surface area contributed by atoms with Crippen molar-refractivity contribution in [1.82, 2.24) is 9.80 Å². The summed E-state index contributed by atoms with van der Waals surface area (Å²) in [5.74, 6) is 0. The van der Waals surface area contributed by atoms with Crippen molar-refractivity contribution in [2.45, 2.75) is 0 Å². The standard InChI is InChI=1S/C11H22N2O4/c14-5-9-16-7-3-12-1-2-13(11-12)4-8-17-10-6-15/h1-2,14-15H,3-11H2. The Labute approximate surface area is 102 Å². The Morgan fingerprint density at radius 1 is 0.824 bits per heavy atom. The third-order valence-corrected chi connectivity index (χ3v) is 2.37. The second-order valence-corrected chi connectivity index (χ2v) is 3.74. The van der Waals surface area contributed by atoms with Crippen molar-refractivity contribution in [2.75, 3.05) is 59.4 Å². The van der Waals surface area contributed by atoms with Gasteiger partial charge in [0.15, 0.2) is 0 Å². The fourth-order valence-electron chi connectivity index (χ4n) is 1.50. The van der Waals surface area contributed by atoms with Gasteiger partial charge in [0.1, 0.15) is 0 Å². The maximum atomic E-state index is 8.55. The Balaban J connectivity index is 1.97. The van der Waals surface area contributed by atoms with E-state index in [1.807, 2.05) is 12.4 Å². The molecule has 1 aliphatic rings. The van der Waals surface area contributed by atoms with E-state index < -0.39 is 0 Å². The Kier molecular flexibility index (Phi) is 7.74. The highest BCUT2D eigenvalue weighted by atomic mass is 16.5. The largest absolute Gasteiger partial charge is 0.394 e. The van der Waals surface area contributed by atoms with Crippen molar-refractivity contribution in [2.24, 2.45) is 0 Å². The minimum absolute atomic E-state index is 0.0736. The van der Waals surface area contributed by atoms with Gasteiger partial charge in [-0.05, 0) is 0 Å². The minimum Gasteiger partial charge on any atom is -0.394 e. The summed E-state index contributed by atoms with van der Waals surface area (Å²) in [4.78, 5) is 4.28. The van der Waals surface area contributed by atoms with Gasteiger partial charge in [-0.3, -0.25) is 0 Å². The number of aliphatic hydroxyl groups excluding tert-OH is 2. The number of rotatable bonds is 10. The number of aliphatic hydroxyl groups is 2. The molecule has 0 saturated heterocycles. The predicted molar refractivity (Wildman–Crippen MR) is 63.2 cm³/mol. The van der Waals surface area contributed by atoms with E-state index in [9.17, 15) is 0 Å². The van der Waals surface area contributed by atoms with Crippen LogP contribution in [0.25, 0.3) is 0 Å². The van der Waals surface area contributed by atoms with Crippen molar-refractivity contribution >= 4 is 0 Å². The van der Waals surface area contributed by atoms with Gasteiger partial charge in [-0.25, -0.2) is 0 Å². The van der Waals surface area contributed by atoms with Gasteiger partial charge in [0, 0.05) is 25.5 Å². The molecule has 0 amide bonds. The van der Waals surface area contributed by atoms with E-state index >= 15 is 0 Å². The number of hydrogen-bond acceptors (Lipinski definition) is 6. The van der Waals surface area contributed by atoms with Crippen LogP contribution in [0, 0.1) is 0 Å². The zero-order valence-corrected chi connectivity index (χ0v) is 10.1. The van der Waals surface area contributed by atoms with Crippen LogP contribution < -0.4 is 0 Å². The molecule has 0 aromatic rings. The van der Waals surface area contributed by atoms with Crippen LogP contribution in [0.2, 0.25) is 0 Å². The minimum atomic E-state index is 0.0736. The fourth-order valence-corrected chi connectivity index (χ4v) is 1.50. The summed E-state index contributed by atoms with van der Waals surface area (Å²) in [7, 11) is 0. The molecule has 0 aromatic carbocycles. The Morgan fingerprint density at radius 3 is 1.71 bits per heavy atom. The van der Waals surface area contributed by atoms with Crippen molar-refractivity contribution in [3.8, 4) is 0 Å². The van der Waals surface area contributed by atoms with E-state index in [1.165, 1.54) is 0 Å². The highest BCUT2D eigenvalue weighted by Crippen LogP contribution is 2.05. The van der Waals surface area contributed by atoms with Gasteiger partial charge in [0.2, 0.25) is 0 Å². The van der Waals surface area contributed by atoms with Crippen LogP contribution >= 0.6 is 0 Å². The molecule has 0 radical (unpaired) electrons. The van der Waals surface area contributed by atoms with Crippen LogP contribution in [-0.2, 0) is 9.47 Å². The molecule has 2 N–H and O–H groups in total. The third-order valence-electron chi connectivity index (χ3n) is 2.37. The average Bonchev–Trinajstić information content (AvgIpc) is 2.78. The number of ether oxygens (including phenoxy) is 2. The van der Waals surface area contributed by atoms with Crippen molar-refractivity contribution in [3.05, 3.63) is 12.4 Å². The fraction of sp³-hybridized carbons (Fsp3) is 0.818. The topological polar surface area (TPSA) is 65.4 Å². The molecule has 0 fully saturated rings. The maximum Gasteiger partial charge on any atom is 0.0895 e. The first kappa shape index (κ1) is 14.2. The highest BCUT2D eigenvalue weighted by Gasteiger charge is 2.11. The predicted octanol–water partition coefficient (Wildman–Crippen LogP) is -0.949. The van der Waals surface area contributed by atoms with Gasteiger partial charge in [0.05, 0.1) is 46.3 Å². The van der Waals surface area contributed by atoms with Crippen LogP contribution in [0.1, 0.15) is 0 Å². The molecule has 17 heavy (non-hydrogen) atoms. The summed E-state index contributed by atoms with van der Waals surface area (Å²) in [6, 6.07) is 0. The normalized spacial score (nSPS) is 14.9. The zero-order chi connectivity index (χ0) is 12.3. The summed E-state index contributed by atoms with van der Waals surface area (Å²) >= 11 is 0. The molecule has 0 atom stereocenters. The summed E-state index contributed by atoms with van der Waals surface area (Å²) in [6.45, 7) is 4.68. The van der Waals surface area contributed by atoms with Gasteiger partial charge in [-0.1, -0.05) is 0 Å². The first-order chi connectivity index (χ1) is 8.36. The number of hydrogen-bond donors (Lipinski definition) is 2. The lowest BCUT2D eigenvalue weighted by Crippen LogP contribution is -2.30. The molecule has 0 saturated carbocycles. The summed E-state index contributed by atoms with van der Waals surface area (Å²) in [6.07, 6.45) is 4.04. The lowest BCUT2D eigenvalue weighted by atomic mass is 10.6. The molecule has 0 aliphatic carbocycles. The third kappa shape index (κ3) is 6.48. The summed E-state index contributed by atoms with van der Waals surface area (Å²) < 4.78 is 10.4. The molecule has 6 nitrogen and oxygen atoms in total. The second kappa shape index (κ2) is 9.23. The zero-order valence-electron chi connectivity index (χ0n) is 10.1. The van der Waals surface area contributed by atoms with Gasteiger partial charge in [0.25, 0.3) is 0 Å². The van der Waals surface area contributed by atoms with Gasteiger partial charge < -0.3 is 29.5 Å². The molecule has 0 spiro atoms. The van der Waals surface area contributed by atoms with Crippen LogP contribution in [0.5, 0.6) is 0 Å². The first-order valence-corrected chi connectivity index (χ1v) is 5.90. The lowest BCUT2D eigenvalue weighted by Gasteiger charge is -2.21. The smallest absolute Gasteiger partial charge is 0.0895 e. The molecule has 0 aromatic heterocycles. The van der Waals surface area contributed by atoms with Gasteiger partial charge >= 0.3 is 0 Å². The molecule has 100 valence electrons. The SMILES string of the molecule is OCCOCCN1C=CN(CCOCCO)C1. The first-order valence-electron chi connectivity index (χ1n) is 5.90. The van der Waals surface area contributed by atoms with Crippen LogP contribution in [0.4, 0.5) is 0 Å². The molecule has 6 heteroatoms. The van der Waals surface area contributed by atoms with E-state index in [-0.39, 0.29) is 13.2 Å². The van der Waals surface area contributed by atoms with E-state index in [0.29, 0.717) is 26.4 Å². The molecule has 1 heterocycles. The second-order valence-electron chi connectivity index (χ2n) is 3.74. The quantitative estimate of drug-likeness (QED) is 0.485.